The lowest BCUT2D eigenvalue weighted by molar-refractivity contribution is -0.100. The first kappa shape index (κ1) is 20.1. The fourth-order valence-corrected chi connectivity index (χ4v) is 9.95. The largest absolute Gasteiger partial charge is 0.508 e. The Kier molecular flexibility index (Phi) is 4.16. The highest BCUT2D eigenvalue weighted by Crippen LogP contribution is 2.75. The van der Waals surface area contributed by atoms with E-state index in [4.69, 9.17) is 12.2 Å². The Balaban J connectivity index is 1.35. The Hall–Kier alpha value is -1.33. The normalized spacial score (nSPS) is 41.5. The van der Waals surface area contributed by atoms with Gasteiger partial charge in [0.2, 0.25) is 0 Å². The third-order valence-electron chi connectivity index (χ3n) is 10.4. The molecular weight excluding hydrogens is 414 g/mol. The van der Waals surface area contributed by atoms with Crippen molar-refractivity contribution in [3.05, 3.63) is 29.3 Å². The van der Waals surface area contributed by atoms with Crippen molar-refractivity contribution in [2.45, 2.75) is 82.3 Å². The molecule has 7 rings (SSSR count). The molecule has 1 aromatic rings. The highest BCUT2D eigenvalue weighted by Gasteiger charge is 2.76. The number of thiocarbonyl (C=S) groups is 1. The van der Waals surface area contributed by atoms with Crippen LogP contribution in [0.3, 0.4) is 0 Å². The van der Waals surface area contributed by atoms with E-state index in [1.807, 2.05) is 6.07 Å². The molecule has 172 valence electrons. The van der Waals surface area contributed by atoms with Crippen LogP contribution < -0.4 is 5.32 Å². The van der Waals surface area contributed by atoms with Crippen molar-refractivity contribution in [3.63, 3.8) is 0 Å². The average molecular weight is 452 g/mol. The molecule has 4 aliphatic carbocycles. The molecule has 1 aromatic carbocycles. The fraction of sp³-hybridized carbons (Fsp3) is 0.741. The van der Waals surface area contributed by atoms with Gasteiger partial charge in [-0.15, -0.1) is 0 Å². The number of hydrogen-bond donors (Lipinski definition) is 2. The smallest absolute Gasteiger partial charge is 0.169 e. The molecule has 6 aliphatic rings. The number of nitrogens with zero attached hydrogens (tertiary/aromatic N) is 2. The first-order valence-electron chi connectivity index (χ1n) is 13.1. The highest BCUT2D eigenvalue weighted by molar-refractivity contribution is 7.80. The third-order valence-corrected chi connectivity index (χ3v) is 10.8. The molecule has 0 aromatic heterocycles. The van der Waals surface area contributed by atoms with E-state index in [2.05, 4.69) is 41.1 Å². The van der Waals surface area contributed by atoms with Gasteiger partial charge in [-0.05, 0) is 124 Å². The van der Waals surface area contributed by atoms with E-state index in [-0.39, 0.29) is 5.41 Å². The second-order valence-corrected chi connectivity index (χ2v) is 12.6. The van der Waals surface area contributed by atoms with E-state index in [0.717, 1.165) is 23.5 Å². The molecule has 0 amide bonds. The molecule has 6 atom stereocenters. The zero-order valence-corrected chi connectivity index (χ0v) is 20.3. The number of nitrogens with one attached hydrogen (secondary N) is 1. The van der Waals surface area contributed by atoms with Crippen LogP contribution in [0.5, 0.6) is 5.75 Å². The van der Waals surface area contributed by atoms with Gasteiger partial charge in [-0.3, -0.25) is 4.90 Å². The summed E-state index contributed by atoms with van der Waals surface area (Å²) in [5.74, 6) is 2.81. The van der Waals surface area contributed by atoms with Crippen molar-refractivity contribution < 1.29 is 5.11 Å². The number of piperidine rings is 1. The van der Waals surface area contributed by atoms with Gasteiger partial charge in [-0.1, -0.05) is 6.07 Å². The lowest BCUT2D eigenvalue weighted by Crippen LogP contribution is -2.70. The van der Waals surface area contributed by atoms with Crippen molar-refractivity contribution in [1.82, 2.24) is 15.1 Å². The van der Waals surface area contributed by atoms with E-state index in [0.29, 0.717) is 35.2 Å². The summed E-state index contributed by atoms with van der Waals surface area (Å²) in [5.41, 5.74) is 3.65. The molecule has 0 radical (unpaired) electrons. The first-order valence-corrected chi connectivity index (χ1v) is 13.5. The van der Waals surface area contributed by atoms with Gasteiger partial charge in [0.25, 0.3) is 0 Å². The second-order valence-electron chi connectivity index (χ2n) is 12.2. The first-order chi connectivity index (χ1) is 15.4. The SMILES string of the molecule is CC(C)NC(=S)N1C[C@H]2CC34CCC1C2C31CCN(CC2CC2)C4Cc2ccc(O)cc21. The fourth-order valence-electron chi connectivity index (χ4n) is 9.51. The predicted molar refractivity (Wildman–Crippen MR) is 131 cm³/mol. The molecule has 5 unspecified atom stereocenters. The van der Waals surface area contributed by atoms with Crippen LogP contribution in [-0.4, -0.2) is 57.8 Å². The van der Waals surface area contributed by atoms with Gasteiger partial charge in [-0.25, -0.2) is 0 Å². The number of fused-ring (bicyclic) bond motifs is 1. The summed E-state index contributed by atoms with van der Waals surface area (Å²) in [4.78, 5) is 5.50. The Bertz CT molecular complexity index is 976. The number of phenolic OH excluding ortho intramolecular Hbond substituents is 1. The molecule has 5 fully saturated rings. The monoisotopic (exact) mass is 451 g/mol. The lowest BCUT2D eigenvalue weighted by atomic mass is 9.43. The Morgan fingerprint density at radius 3 is 2.88 bits per heavy atom. The van der Waals surface area contributed by atoms with Crippen LogP contribution in [0.15, 0.2) is 18.2 Å². The summed E-state index contributed by atoms with van der Waals surface area (Å²) >= 11 is 5.92. The summed E-state index contributed by atoms with van der Waals surface area (Å²) in [7, 11) is 0. The Morgan fingerprint density at radius 2 is 2.09 bits per heavy atom. The molecule has 4 nitrogen and oxygen atoms in total. The minimum atomic E-state index is 0.222. The van der Waals surface area contributed by atoms with E-state index >= 15 is 0 Å². The molecule has 2 N–H and O–H groups in total. The molecule has 32 heavy (non-hydrogen) atoms. The number of hydrogen-bond acceptors (Lipinski definition) is 3. The Labute approximate surface area is 197 Å². The summed E-state index contributed by atoms with van der Waals surface area (Å²) in [6.07, 6.45) is 9.30. The average Bonchev–Trinajstić information content (AvgIpc) is 3.43. The van der Waals surface area contributed by atoms with Crippen molar-refractivity contribution in [3.8, 4) is 5.75 Å². The summed E-state index contributed by atoms with van der Waals surface area (Å²) < 4.78 is 0. The molecule has 2 heterocycles. The predicted octanol–water partition coefficient (Wildman–Crippen LogP) is 4.05. The lowest BCUT2D eigenvalue weighted by Gasteiger charge is -2.66. The number of phenols is 1. The molecule has 2 saturated heterocycles. The van der Waals surface area contributed by atoms with Gasteiger partial charge in [-0.2, -0.15) is 0 Å². The molecule has 5 heteroatoms. The van der Waals surface area contributed by atoms with Crippen LogP contribution in [0.4, 0.5) is 0 Å². The zero-order valence-electron chi connectivity index (χ0n) is 19.5. The molecule has 0 spiro atoms. The van der Waals surface area contributed by atoms with Crippen LogP contribution in [0.2, 0.25) is 0 Å². The Morgan fingerprint density at radius 1 is 1.25 bits per heavy atom. The van der Waals surface area contributed by atoms with E-state index in [1.165, 1.54) is 69.2 Å². The standard InChI is InChI=1S/C27H37N3OS/c1-16(2)28-25(32)30-15-19-13-26-8-7-22(30)24(19)27(26)9-10-29(14-17-3-4-17)23(26)11-18-5-6-20(31)12-21(18)27/h5-6,12,16-17,19,22-24,31H,3-4,7-11,13-15H2,1-2H3,(H,28,32)/t19-,22?,23?,24?,26?,27?/m1/s1. The van der Waals surface area contributed by atoms with Gasteiger partial charge in [0.1, 0.15) is 5.75 Å². The summed E-state index contributed by atoms with van der Waals surface area (Å²) in [5, 5.41) is 15.1. The van der Waals surface area contributed by atoms with E-state index in [1.54, 1.807) is 0 Å². The van der Waals surface area contributed by atoms with Crippen LogP contribution >= 0.6 is 12.2 Å². The quantitative estimate of drug-likeness (QED) is 0.679. The van der Waals surface area contributed by atoms with Gasteiger partial charge in [0, 0.05) is 36.6 Å². The van der Waals surface area contributed by atoms with Crippen LogP contribution in [0.25, 0.3) is 0 Å². The van der Waals surface area contributed by atoms with Crippen molar-refractivity contribution >= 4 is 17.3 Å². The van der Waals surface area contributed by atoms with Crippen LogP contribution in [0, 0.1) is 23.2 Å². The minimum Gasteiger partial charge on any atom is -0.508 e. The van der Waals surface area contributed by atoms with Gasteiger partial charge in [0.05, 0.1) is 0 Å². The maximum atomic E-state index is 10.6. The molecular formula is C27H37N3OS. The number of likely N-dealkylation sites (tertiary alicyclic amines) is 2. The molecule has 4 bridgehead atoms. The van der Waals surface area contributed by atoms with E-state index < -0.39 is 0 Å². The topological polar surface area (TPSA) is 38.7 Å². The molecule has 3 saturated carbocycles. The zero-order chi connectivity index (χ0) is 21.8. The van der Waals surface area contributed by atoms with Crippen molar-refractivity contribution in [1.29, 1.82) is 0 Å². The second kappa shape index (κ2) is 6.63. The number of rotatable bonds is 3. The molecule has 2 aliphatic heterocycles. The van der Waals surface area contributed by atoms with Crippen molar-refractivity contribution in [2.75, 3.05) is 19.6 Å². The summed E-state index contributed by atoms with van der Waals surface area (Å²) in [6, 6.07) is 7.99. The number of benzene rings is 1. The summed E-state index contributed by atoms with van der Waals surface area (Å²) in [6.45, 7) is 8.06. The van der Waals surface area contributed by atoms with Crippen LogP contribution in [0.1, 0.15) is 63.5 Å². The number of aromatic hydroxyl groups is 1. The highest BCUT2D eigenvalue weighted by atomic mass is 32.1. The maximum absolute atomic E-state index is 10.6. The van der Waals surface area contributed by atoms with Gasteiger partial charge >= 0.3 is 0 Å². The maximum Gasteiger partial charge on any atom is 0.169 e. The minimum absolute atomic E-state index is 0.222. The van der Waals surface area contributed by atoms with Gasteiger partial charge < -0.3 is 15.3 Å². The third kappa shape index (κ3) is 2.45. The van der Waals surface area contributed by atoms with Crippen LogP contribution in [-0.2, 0) is 11.8 Å². The van der Waals surface area contributed by atoms with Gasteiger partial charge in [0.15, 0.2) is 5.11 Å². The van der Waals surface area contributed by atoms with Crippen molar-refractivity contribution in [2.24, 2.45) is 23.2 Å². The van der Waals surface area contributed by atoms with E-state index in [9.17, 15) is 5.11 Å².